The van der Waals surface area contributed by atoms with Crippen molar-refractivity contribution in [3.63, 3.8) is 0 Å². The van der Waals surface area contributed by atoms with Crippen LogP contribution in [0.2, 0.25) is 0 Å². The lowest BCUT2D eigenvalue weighted by Crippen LogP contribution is -2.42. The second-order valence-corrected chi connectivity index (χ2v) is 6.31. The molecule has 1 aromatic heterocycles. The van der Waals surface area contributed by atoms with Gasteiger partial charge < -0.3 is 14.2 Å². The number of fused-ring (bicyclic) bond motifs is 1. The molecule has 1 atom stereocenters. The Hall–Kier alpha value is -2.21. The topological polar surface area (TPSA) is 55.6 Å². The molecule has 1 saturated heterocycles. The summed E-state index contributed by atoms with van der Waals surface area (Å²) in [4.78, 5) is 14.6. The zero-order chi connectivity index (χ0) is 16.5. The number of nitrogens with zero attached hydrogens (tertiary/aromatic N) is 2. The molecule has 1 unspecified atom stereocenters. The molecule has 5 nitrogen and oxygen atoms in total. The molecule has 0 bridgehead atoms. The number of ether oxygens (including phenoxy) is 1. The van der Waals surface area contributed by atoms with E-state index >= 15 is 0 Å². The monoisotopic (exact) mass is 330 g/mol. The van der Waals surface area contributed by atoms with Crippen molar-refractivity contribution >= 4 is 5.91 Å². The fraction of sp³-hybridized carbons (Fsp3) is 0.444. The highest BCUT2D eigenvalue weighted by atomic mass is 19.1. The number of aromatic nitrogens is 1. The van der Waals surface area contributed by atoms with Crippen molar-refractivity contribution in [1.82, 2.24) is 10.1 Å². The van der Waals surface area contributed by atoms with Gasteiger partial charge in [0.25, 0.3) is 5.91 Å². The number of halogens is 1. The van der Waals surface area contributed by atoms with Gasteiger partial charge in [0.15, 0.2) is 5.69 Å². The molecule has 1 aromatic carbocycles. The highest BCUT2D eigenvalue weighted by molar-refractivity contribution is 5.94. The van der Waals surface area contributed by atoms with Gasteiger partial charge in [0.05, 0.1) is 13.2 Å². The van der Waals surface area contributed by atoms with Gasteiger partial charge in [-0.2, -0.15) is 0 Å². The lowest BCUT2D eigenvalue weighted by atomic mass is 9.96. The Labute approximate surface area is 139 Å². The summed E-state index contributed by atoms with van der Waals surface area (Å²) in [6, 6.07) is 6.33. The molecule has 0 spiro atoms. The van der Waals surface area contributed by atoms with Crippen LogP contribution in [0.5, 0.6) is 0 Å². The number of carbonyl (C=O) groups is 1. The normalized spacial score (nSPS) is 20.7. The lowest BCUT2D eigenvalue weighted by molar-refractivity contribution is -0.0232. The summed E-state index contributed by atoms with van der Waals surface area (Å²) < 4.78 is 24.5. The Morgan fingerprint density at radius 2 is 2.17 bits per heavy atom. The minimum absolute atomic E-state index is 0.119. The van der Waals surface area contributed by atoms with E-state index in [-0.39, 0.29) is 17.8 Å². The first-order valence-corrected chi connectivity index (χ1v) is 8.36. The van der Waals surface area contributed by atoms with Crippen molar-refractivity contribution in [2.45, 2.75) is 31.8 Å². The first-order chi connectivity index (χ1) is 11.7. The number of amides is 1. The van der Waals surface area contributed by atoms with Gasteiger partial charge in [0.2, 0.25) is 0 Å². The highest BCUT2D eigenvalue weighted by Crippen LogP contribution is 2.27. The van der Waals surface area contributed by atoms with Gasteiger partial charge in [-0.15, -0.1) is 0 Å². The van der Waals surface area contributed by atoms with Crippen LogP contribution in [-0.4, -0.2) is 35.7 Å². The first-order valence-electron chi connectivity index (χ1n) is 8.36. The van der Waals surface area contributed by atoms with Gasteiger partial charge in [0.1, 0.15) is 17.7 Å². The maximum atomic E-state index is 13.4. The van der Waals surface area contributed by atoms with Crippen molar-refractivity contribution in [3.8, 4) is 0 Å². The molecule has 1 aliphatic heterocycles. The zero-order valence-corrected chi connectivity index (χ0v) is 13.3. The van der Waals surface area contributed by atoms with Crippen LogP contribution in [0.15, 0.2) is 28.8 Å². The molecule has 2 aromatic rings. The number of hydrogen-bond acceptors (Lipinski definition) is 4. The van der Waals surface area contributed by atoms with Gasteiger partial charge >= 0.3 is 0 Å². The van der Waals surface area contributed by atoms with Crippen molar-refractivity contribution in [3.05, 3.63) is 52.7 Å². The van der Waals surface area contributed by atoms with Crippen LogP contribution in [0.3, 0.4) is 0 Å². The van der Waals surface area contributed by atoms with E-state index in [1.807, 2.05) is 6.07 Å². The Balaban J connectivity index is 1.54. The maximum Gasteiger partial charge on any atom is 0.276 e. The smallest absolute Gasteiger partial charge is 0.276 e. The van der Waals surface area contributed by atoms with Crippen LogP contribution in [0.25, 0.3) is 0 Å². The molecule has 0 saturated carbocycles. The SMILES string of the molecule is O=C(c1noc2c1CCCC2)N1CCOC(c2cccc(F)c2)C1. The van der Waals surface area contributed by atoms with E-state index in [9.17, 15) is 9.18 Å². The molecule has 24 heavy (non-hydrogen) atoms. The van der Waals surface area contributed by atoms with E-state index in [0.717, 1.165) is 42.6 Å². The number of aryl methyl sites for hydroxylation is 1. The molecule has 4 rings (SSSR count). The Bertz CT molecular complexity index is 758. The van der Waals surface area contributed by atoms with Crippen LogP contribution >= 0.6 is 0 Å². The molecule has 1 fully saturated rings. The number of benzene rings is 1. The van der Waals surface area contributed by atoms with Crippen molar-refractivity contribution in [2.24, 2.45) is 0 Å². The van der Waals surface area contributed by atoms with Gasteiger partial charge in [-0.3, -0.25) is 4.79 Å². The summed E-state index contributed by atoms with van der Waals surface area (Å²) in [6.45, 7) is 1.32. The predicted octanol–water partition coefficient (Wildman–Crippen LogP) is 2.91. The Morgan fingerprint density at radius 1 is 1.29 bits per heavy atom. The Kier molecular flexibility index (Phi) is 4.06. The third-order valence-corrected chi connectivity index (χ3v) is 4.73. The molecule has 0 N–H and O–H groups in total. The maximum absolute atomic E-state index is 13.4. The average Bonchev–Trinajstić information content (AvgIpc) is 3.05. The van der Waals surface area contributed by atoms with Crippen LogP contribution < -0.4 is 0 Å². The van der Waals surface area contributed by atoms with Crippen LogP contribution in [0, 0.1) is 5.82 Å². The third kappa shape index (κ3) is 2.82. The van der Waals surface area contributed by atoms with Crippen molar-refractivity contribution < 1.29 is 18.4 Å². The highest BCUT2D eigenvalue weighted by Gasteiger charge is 2.31. The van der Waals surface area contributed by atoms with Gasteiger partial charge in [-0.1, -0.05) is 17.3 Å². The summed E-state index contributed by atoms with van der Waals surface area (Å²) in [7, 11) is 0. The Morgan fingerprint density at radius 3 is 3.04 bits per heavy atom. The largest absolute Gasteiger partial charge is 0.370 e. The van der Waals surface area contributed by atoms with E-state index < -0.39 is 0 Å². The van der Waals surface area contributed by atoms with Gasteiger partial charge in [0, 0.05) is 18.5 Å². The fourth-order valence-corrected chi connectivity index (χ4v) is 3.44. The van der Waals surface area contributed by atoms with Crippen LogP contribution in [0.1, 0.15) is 46.3 Å². The van der Waals surface area contributed by atoms with E-state index in [0.29, 0.717) is 25.4 Å². The molecule has 2 heterocycles. The fourth-order valence-electron chi connectivity index (χ4n) is 3.44. The van der Waals surface area contributed by atoms with Gasteiger partial charge in [-0.05, 0) is 37.0 Å². The van der Waals surface area contributed by atoms with Crippen molar-refractivity contribution in [1.29, 1.82) is 0 Å². The number of hydrogen-bond donors (Lipinski definition) is 0. The number of rotatable bonds is 2. The zero-order valence-electron chi connectivity index (χ0n) is 13.3. The van der Waals surface area contributed by atoms with E-state index in [1.165, 1.54) is 12.1 Å². The molecule has 126 valence electrons. The van der Waals surface area contributed by atoms with E-state index in [1.54, 1.807) is 11.0 Å². The molecular formula is C18H19FN2O3. The summed E-state index contributed by atoms with van der Waals surface area (Å²) in [5.74, 6) is 0.427. The second-order valence-electron chi connectivity index (χ2n) is 6.31. The quantitative estimate of drug-likeness (QED) is 0.849. The molecule has 1 amide bonds. The molecule has 0 radical (unpaired) electrons. The summed E-state index contributed by atoms with van der Waals surface area (Å²) in [5.41, 5.74) is 2.14. The minimum Gasteiger partial charge on any atom is -0.370 e. The van der Waals surface area contributed by atoms with E-state index in [4.69, 9.17) is 9.26 Å². The summed E-state index contributed by atoms with van der Waals surface area (Å²) in [5, 5.41) is 4.02. The third-order valence-electron chi connectivity index (χ3n) is 4.73. The summed E-state index contributed by atoms with van der Waals surface area (Å²) >= 11 is 0. The molecule has 6 heteroatoms. The molecule has 1 aliphatic carbocycles. The second kappa shape index (κ2) is 6.36. The standard InChI is InChI=1S/C18H19FN2O3/c19-13-5-3-4-12(10-13)16-11-21(8-9-23-16)18(22)17-14-6-1-2-7-15(14)24-20-17/h3-5,10,16H,1-2,6-9,11H2. The number of carbonyl (C=O) groups excluding carboxylic acids is 1. The predicted molar refractivity (Wildman–Crippen MR) is 84.1 cm³/mol. The molecule has 2 aliphatic rings. The van der Waals surface area contributed by atoms with Crippen molar-refractivity contribution in [2.75, 3.05) is 19.7 Å². The minimum atomic E-state index is -0.318. The van der Waals surface area contributed by atoms with E-state index in [2.05, 4.69) is 5.16 Å². The van der Waals surface area contributed by atoms with Crippen LogP contribution in [-0.2, 0) is 17.6 Å². The summed E-state index contributed by atoms with van der Waals surface area (Å²) in [6.07, 6.45) is 3.52. The van der Waals surface area contributed by atoms with Crippen LogP contribution in [0.4, 0.5) is 4.39 Å². The average molecular weight is 330 g/mol. The molecular weight excluding hydrogens is 311 g/mol. The number of morpholine rings is 1. The van der Waals surface area contributed by atoms with Gasteiger partial charge in [-0.25, -0.2) is 4.39 Å². The first kappa shape index (κ1) is 15.3. The lowest BCUT2D eigenvalue weighted by Gasteiger charge is -2.33.